The number of piperidine rings is 2. The van der Waals surface area contributed by atoms with Gasteiger partial charge in [-0.2, -0.15) is 0 Å². The van der Waals surface area contributed by atoms with Gasteiger partial charge in [-0.3, -0.25) is 9.59 Å². The predicted molar refractivity (Wildman–Crippen MR) is 106 cm³/mol. The fraction of sp³-hybridized carbons (Fsp3) is 0.909. The highest BCUT2D eigenvalue weighted by Crippen LogP contribution is 2.36. The summed E-state index contributed by atoms with van der Waals surface area (Å²) in [6.45, 7) is 0. The van der Waals surface area contributed by atoms with Crippen LogP contribution in [0.1, 0.15) is 77.0 Å². The second-order valence-electron chi connectivity index (χ2n) is 9.47. The molecule has 4 atom stereocenters. The van der Waals surface area contributed by atoms with E-state index in [0.717, 1.165) is 25.7 Å². The van der Waals surface area contributed by atoms with Gasteiger partial charge in [-0.15, -0.1) is 0 Å². The van der Waals surface area contributed by atoms with Crippen molar-refractivity contribution in [2.75, 3.05) is 14.1 Å². The Morgan fingerprint density at radius 3 is 1.32 bits per heavy atom. The van der Waals surface area contributed by atoms with Crippen LogP contribution in [0.15, 0.2) is 0 Å². The van der Waals surface area contributed by atoms with Crippen LogP contribution < -0.4 is 0 Å². The van der Waals surface area contributed by atoms with E-state index in [4.69, 9.17) is 9.47 Å². The standard InChI is InChI=1S/C22H36N2O4/c1-23-15-7-8-16(23)12-19(11-15)27-21(25)5-3-4-6-22(26)28-20-13-17-9-10-18(14-20)24(17)2/h15-20H,3-14H2,1-2H3. The van der Waals surface area contributed by atoms with Crippen molar-refractivity contribution in [2.24, 2.45) is 0 Å². The van der Waals surface area contributed by atoms with Crippen LogP contribution in [0.25, 0.3) is 0 Å². The number of hydrogen-bond acceptors (Lipinski definition) is 6. The summed E-state index contributed by atoms with van der Waals surface area (Å²) in [7, 11) is 4.38. The topological polar surface area (TPSA) is 59.1 Å². The lowest BCUT2D eigenvalue weighted by molar-refractivity contribution is -0.154. The van der Waals surface area contributed by atoms with Gasteiger partial charge in [0.15, 0.2) is 0 Å². The third kappa shape index (κ3) is 4.54. The van der Waals surface area contributed by atoms with Gasteiger partial charge >= 0.3 is 11.9 Å². The van der Waals surface area contributed by atoms with Gasteiger partial charge in [0.1, 0.15) is 12.2 Å². The van der Waals surface area contributed by atoms with Crippen molar-refractivity contribution in [3.63, 3.8) is 0 Å². The van der Waals surface area contributed by atoms with Gasteiger partial charge in [0.05, 0.1) is 0 Å². The summed E-state index contributed by atoms with van der Waals surface area (Å²) in [5, 5.41) is 0. The SMILES string of the molecule is CN1C2CCC1CC(OC(=O)CCCCC(=O)OC1CC3CCC(C1)N3C)C2. The molecule has 4 heterocycles. The second kappa shape index (κ2) is 8.70. The quantitative estimate of drug-likeness (QED) is 0.490. The molecule has 0 radical (unpaired) electrons. The number of hydrogen-bond donors (Lipinski definition) is 0. The molecule has 6 heteroatoms. The molecule has 0 amide bonds. The molecule has 4 aliphatic rings. The number of carbonyl (C=O) groups is 2. The van der Waals surface area contributed by atoms with E-state index < -0.39 is 0 Å². The van der Waals surface area contributed by atoms with Crippen LogP contribution in [-0.2, 0) is 19.1 Å². The summed E-state index contributed by atoms with van der Waals surface area (Å²) < 4.78 is 11.4. The molecular formula is C22H36N2O4. The Kier molecular flexibility index (Phi) is 6.26. The lowest BCUT2D eigenvalue weighted by atomic mass is 10.0. The van der Waals surface area contributed by atoms with Crippen LogP contribution >= 0.6 is 0 Å². The van der Waals surface area contributed by atoms with Gasteiger partial charge < -0.3 is 19.3 Å². The monoisotopic (exact) mass is 392 g/mol. The zero-order valence-electron chi connectivity index (χ0n) is 17.5. The van der Waals surface area contributed by atoms with E-state index >= 15 is 0 Å². The van der Waals surface area contributed by atoms with Crippen LogP contribution in [0.4, 0.5) is 0 Å². The first-order valence-electron chi connectivity index (χ1n) is 11.3. The second-order valence-corrected chi connectivity index (χ2v) is 9.47. The average Bonchev–Trinajstić information content (AvgIpc) is 3.00. The minimum absolute atomic E-state index is 0.0889. The first kappa shape index (κ1) is 20.1. The van der Waals surface area contributed by atoms with Crippen molar-refractivity contribution in [3.8, 4) is 0 Å². The van der Waals surface area contributed by atoms with Crippen molar-refractivity contribution in [2.45, 2.75) is 113 Å². The maximum absolute atomic E-state index is 12.1. The molecule has 0 aromatic heterocycles. The number of ether oxygens (including phenoxy) is 2. The van der Waals surface area contributed by atoms with Gasteiger partial charge in [-0.1, -0.05) is 0 Å². The van der Waals surface area contributed by atoms with E-state index in [9.17, 15) is 9.59 Å². The zero-order valence-corrected chi connectivity index (χ0v) is 17.5. The van der Waals surface area contributed by atoms with Gasteiger partial charge in [-0.25, -0.2) is 0 Å². The first-order chi connectivity index (χ1) is 13.5. The molecule has 4 saturated heterocycles. The lowest BCUT2D eigenvalue weighted by Crippen LogP contribution is -2.43. The number of fused-ring (bicyclic) bond motifs is 4. The molecule has 4 bridgehead atoms. The van der Waals surface area contributed by atoms with Crippen molar-refractivity contribution in [1.82, 2.24) is 9.80 Å². The van der Waals surface area contributed by atoms with Gasteiger partial charge in [0.2, 0.25) is 0 Å². The van der Waals surface area contributed by atoms with Crippen molar-refractivity contribution < 1.29 is 19.1 Å². The summed E-state index contributed by atoms with van der Waals surface area (Å²) >= 11 is 0. The van der Waals surface area contributed by atoms with Crippen LogP contribution in [-0.4, -0.2) is 72.2 Å². The van der Waals surface area contributed by atoms with E-state index in [1.165, 1.54) is 25.7 Å². The zero-order chi connectivity index (χ0) is 19.7. The van der Waals surface area contributed by atoms with E-state index in [-0.39, 0.29) is 24.1 Å². The molecule has 6 nitrogen and oxygen atoms in total. The highest BCUT2D eigenvalue weighted by Gasteiger charge is 2.40. The number of rotatable bonds is 7. The van der Waals surface area contributed by atoms with E-state index in [1.807, 2.05) is 0 Å². The Hall–Kier alpha value is -1.14. The van der Waals surface area contributed by atoms with Gasteiger partial charge in [0, 0.05) is 37.0 Å². The molecule has 0 saturated carbocycles. The predicted octanol–water partition coefficient (Wildman–Crippen LogP) is 2.88. The molecular weight excluding hydrogens is 356 g/mol. The first-order valence-corrected chi connectivity index (χ1v) is 11.3. The van der Waals surface area contributed by atoms with E-state index in [1.54, 1.807) is 0 Å². The number of unbranched alkanes of at least 4 members (excludes halogenated alkanes) is 1. The molecule has 0 spiro atoms. The number of carbonyl (C=O) groups excluding carboxylic acids is 2. The van der Waals surface area contributed by atoms with Crippen molar-refractivity contribution in [1.29, 1.82) is 0 Å². The van der Waals surface area contributed by atoms with E-state index in [2.05, 4.69) is 23.9 Å². The van der Waals surface area contributed by atoms with Crippen LogP contribution in [0.5, 0.6) is 0 Å². The largest absolute Gasteiger partial charge is 0.462 e. The van der Waals surface area contributed by atoms with Crippen LogP contribution in [0.2, 0.25) is 0 Å². The van der Waals surface area contributed by atoms with Gasteiger partial charge in [0.25, 0.3) is 0 Å². The molecule has 4 aliphatic heterocycles. The molecule has 0 aromatic carbocycles. The Labute approximate surface area is 168 Å². The molecule has 158 valence electrons. The van der Waals surface area contributed by atoms with Gasteiger partial charge in [-0.05, 0) is 78.3 Å². The molecule has 4 unspecified atom stereocenters. The third-order valence-corrected chi connectivity index (χ3v) is 7.72. The summed E-state index contributed by atoms with van der Waals surface area (Å²) in [5.74, 6) is -0.205. The summed E-state index contributed by atoms with van der Waals surface area (Å²) in [6, 6.07) is 2.34. The van der Waals surface area contributed by atoms with E-state index in [0.29, 0.717) is 49.9 Å². The fourth-order valence-electron chi connectivity index (χ4n) is 5.94. The summed E-state index contributed by atoms with van der Waals surface area (Å²) in [5.41, 5.74) is 0. The Balaban J connectivity index is 1.08. The Morgan fingerprint density at radius 1 is 0.679 bits per heavy atom. The highest BCUT2D eigenvalue weighted by molar-refractivity contribution is 5.70. The molecule has 0 aromatic rings. The fourth-order valence-corrected chi connectivity index (χ4v) is 5.94. The molecule has 4 fully saturated rings. The molecule has 0 aliphatic carbocycles. The summed E-state index contributed by atoms with van der Waals surface area (Å²) in [4.78, 5) is 29.2. The minimum atomic E-state index is -0.103. The Morgan fingerprint density at radius 2 is 1.00 bits per heavy atom. The Bertz CT molecular complexity index is 505. The molecule has 4 rings (SSSR count). The van der Waals surface area contributed by atoms with Crippen LogP contribution in [0, 0.1) is 0 Å². The maximum Gasteiger partial charge on any atom is 0.306 e. The minimum Gasteiger partial charge on any atom is -0.462 e. The molecule has 28 heavy (non-hydrogen) atoms. The van der Waals surface area contributed by atoms with Crippen molar-refractivity contribution in [3.05, 3.63) is 0 Å². The lowest BCUT2D eigenvalue weighted by Gasteiger charge is -2.35. The van der Waals surface area contributed by atoms with Crippen molar-refractivity contribution >= 4 is 11.9 Å². The summed E-state index contributed by atoms with van der Waals surface area (Å²) in [6.07, 6.45) is 11.2. The third-order valence-electron chi connectivity index (χ3n) is 7.72. The number of esters is 2. The highest BCUT2D eigenvalue weighted by atomic mass is 16.5. The number of nitrogens with zero attached hydrogens (tertiary/aromatic N) is 2. The average molecular weight is 393 g/mol. The maximum atomic E-state index is 12.1. The van der Waals surface area contributed by atoms with Crippen LogP contribution in [0.3, 0.4) is 0 Å². The smallest absolute Gasteiger partial charge is 0.306 e. The molecule has 0 N–H and O–H groups in total. The normalized spacial score (nSPS) is 37.8.